The number of carboxylic acids is 1. The molecule has 1 aromatic heterocycles. The molecular weight excluding hydrogens is 318 g/mol. The number of aliphatic carboxylic acids is 1. The number of halogens is 1. The number of rotatable bonds is 3. The van der Waals surface area contributed by atoms with E-state index in [4.69, 9.17) is 16.0 Å². The molecule has 23 heavy (non-hydrogen) atoms. The summed E-state index contributed by atoms with van der Waals surface area (Å²) in [4.78, 5) is 11.9. The summed E-state index contributed by atoms with van der Waals surface area (Å²) in [6, 6.07) is 7.15. The molecule has 1 aliphatic heterocycles. The van der Waals surface area contributed by atoms with E-state index in [2.05, 4.69) is 15.5 Å². The predicted molar refractivity (Wildman–Crippen MR) is 84.6 cm³/mol. The van der Waals surface area contributed by atoms with E-state index in [-0.39, 0.29) is 11.5 Å². The first kappa shape index (κ1) is 15.3. The predicted octanol–water partition coefficient (Wildman–Crippen LogP) is 3.20. The Bertz CT molecular complexity index is 825. The van der Waals surface area contributed by atoms with Crippen LogP contribution in [0.25, 0.3) is 5.57 Å². The summed E-state index contributed by atoms with van der Waals surface area (Å²) >= 11 is 6.32. The quantitative estimate of drug-likeness (QED) is 0.898. The number of benzene rings is 1. The van der Waals surface area contributed by atoms with Gasteiger partial charge in [-0.2, -0.15) is 0 Å². The molecule has 1 aromatic carbocycles. The van der Waals surface area contributed by atoms with Crippen LogP contribution >= 0.6 is 11.6 Å². The van der Waals surface area contributed by atoms with E-state index in [1.54, 1.807) is 25.1 Å². The molecule has 1 unspecified atom stereocenters. The highest BCUT2D eigenvalue weighted by Gasteiger charge is 2.36. The largest absolute Gasteiger partial charge is 0.478 e. The number of hydrogen-bond acceptors (Lipinski definition) is 5. The fourth-order valence-corrected chi connectivity index (χ4v) is 3.12. The first-order valence-electron chi connectivity index (χ1n) is 6.93. The Hall–Kier alpha value is -2.60. The molecular formula is C16H14ClN3O3. The number of hydrogen-bond donors (Lipinski definition) is 2. The second-order valence-corrected chi connectivity index (χ2v) is 5.61. The van der Waals surface area contributed by atoms with Gasteiger partial charge in [-0.25, -0.2) is 4.79 Å². The van der Waals surface area contributed by atoms with Crippen LogP contribution in [0, 0.1) is 0 Å². The van der Waals surface area contributed by atoms with Crippen LogP contribution in [0.4, 0.5) is 0 Å². The Morgan fingerprint density at radius 1 is 1.30 bits per heavy atom. The third-order valence-corrected chi connectivity index (χ3v) is 4.14. The van der Waals surface area contributed by atoms with Crippen molar-refractivity contribution in [1.29, 1.82) is 0 Å². The van der Waals surface area contributed by atoms with Crippen LogP contribution in [-0.2, 0) is 4.79 Å². The Morgan fingerprint density at radius 3 is 2.65 bits per heavy atom. The van der Waals surface area contributed by atoms with Crippen LogP contribution in [0.3, 0.4) is 0 Å². The number of dihydropyridines is 1. The highest BCUT2D eigenvalue weighted by Crippen LogP contribution is 2.44. The van der Waals surface area contributed by atoms with Crippen molar-refractivity contribution < 1.29 is 14.3 Å². The molecule has 7 heteroatoms. The standard InChI is InChI=1S/C16H14ClN3O3/c1-8-12(15-20-18-7-23-15)14(10-5-3-4-6-11(10)17)13(16(21)22)9(2)19-8/h3-7,14,19H,1-2H3,(H,21,22). The Morgan fingerprint density at radius 2 is 2.04 bits per heavy atom. The maximum atomic E-state index is 11.9. The Labute approximate surface area is 137 Å². The van der Waals surface area contributed by atoms with E-state index >= 15 is 0 Å². The third kappa shape index (κ3) is 2.61. The van der Waals surface area contributed by atoms with Crippen molar-refractivity contribution in [2.75, 3.05) is 0 Å². The van der Waals surface area contributed by atoms with Gasteiger partial charge in [0, 0.05) is 22.0 Å². The third-order valence-electron chi connectivity index (χ3n) is 3.80. The van der Waals surface area contributed by atoms with E-state index in [1.165, 1.54) is 6.39 Å². The molecule has 1 atom stereocenters. The van der Waals surface area contributed by atoms with E-state index in [0.717, 1.165) is 5.70 Å². The van der Waals surface area contributed by atoms with Gasteiger partial charge in [-0.1, -0.05) is 29.8 Å². The smallest absolute Gasteiger partial charge is 0.334 e. The van der Waals surface area contributed by atoms with Crippen LogP contribution in [0.5, 0.6) is 0 Å². The van der Waals surface area contributed by atoms with Crippen molar-refractivity contribution >= 4 is 23.1 Å². The molecule has 6 nitrogen and oxygen atoms in total. The molecule has 0 fully saturated rings. The van der Waals surface area contributed by atoms with Crippen molar-refractivity contribution in [3.63, 3.8) is 0 Å². The molecule has 118 valence electrons. The molecule has 0 spiro atoms. The van der Waals surface area contributed by atoms with Crippen LogP contribution in [0.15, 0.2) is 52.0 Å². The normalized spacial score (nSPS) is 18.1. The second-order valence-electron chi connectivity index (χ2n) is 5.21. The maximum Gasteiger partial charge on any atom is 0.334 e. The first-order valence-corrected chi connectivity index (χ1v) is 7.31. The Kier molecular flexibility index (Phi) is 3.92. The minimum Gasteiger partial charge on any atom is -0.478 e. The molecule has 2 N–H and O–H groups in total. The lowest BCUT2D eigenvalue weighted by Crippen LogP contribution is -2.27. The van der Waals surface area contributed by atoms with Gasteiger partial charge in [0.25, 0.3) is 0 Å². The maximum absolute atomic E-state index is 11.9. The van der Waals surface area contributed by atoms with Crippen LogP contribution in [-0.4, -0.2) is 21.3 Å². The molecule has 3 rings (SSSR count). The molecule has 2 aromatic rings. The highest BCUT2D eigenvalue weighted by molar-refractivity contribution is 6.31. The average Bonchev–Trinajstić information content (AvgIpc) is 3.00. The van der Waals surface area contributed by atoms with E-state index < -0.39 is 11.9 Å². The van der Waals surface area contributed by atoms with Gasteiger partial charge < -0.3 is 14.8 Å². The number of nitrogens with zero attached hydrogens (tertiary/aromatic N) is 2. The van der Waals surface area contributed by atoms with Crippen molar-refractivity contribution in [3.8, 4) is 0 Å². The zero-order valence-electron chi connectivity index (χ0n) is 12.5. The highest BCUT2D eigenvalue weighted by atomic mass is 35.5. The molecule has 0 radical (unpaired) electrons. The summed E-state index contributed by atoms with van der Waals surface area (Å²) in [7, 11) is 0. The lowest BCUT2D eigenvalue weighted by Gasteiger charge is -2.29. The fraction of sp³-hybridized carbons (Fsp3) is 0.188. The number of carbonyl (C=O) groups is 1. The van der Waals surface area contributed by atoms with Crippen molar-refractivity contribution in [2.24, 2.45) is 0 Å². The lowest BCUT2D eigenvalue weighted by molar-refractivity contribution is -0.132. The van der Waals surface area contributed by atoms with Gasteiger partial charge in [0.15, 0.2) is 0 Å². The molecule has 2 heterocycles. The fourth-order valence-electron chi connectivity index (χ4n) is 2.87. The van der Waals surface area contributed by atoms with Gasteiger partial charge in [-0.05, 0) is 25.5 Å². The van der Waals surface area contributed by atoms with E-state index in [0.29, 0.717) is 21.9 Å². The van der Waals surface area contributed by atoms with Crippen LogP contribution in [0.1, 0.15) is 31.2 Å². The van der Waals surface area contributed by atoms with Gasteiger partial charge in [0.1, 0.15) is 0 Å². The molecule has 0 saturated heterocycles. The van der Waals surface area contributed by atoms with Gasteiger partial charge >= 0.3 is 5.97 Å². The molecule has 0 bridgehead atoms. The number of aromatic nitrogens is 2. The van der Waals surface area contributed by atoms with E-state index in [1.807, 2.05) is 13.0 Å². The van der Waals surface area contributed by atoms with Gasteiger partial charge in [0.2, 0.25) is 12.3 Å². The zero-order valence-corrected chi connectivity index (χ0v) is 13.3. The van der Waals surface area contributed by atoms with E-state index in [9.17, 15) is 9.90 Å². The van der Waals surface area contributed by atoms with Gasteiger partial charge in [0.05, 0.1) is 11.5 Å². The summed E-state index contributed by atoms with van der Waals surface area (Å²) in [5.74, 6) is -1.35. The molecule has 0 saturated carbocycles. The monoisotopic (exact) mass is 331 g/mol. The average molecular weight is 332 g/mol. The SMILES string of the molecule is CC1=C(C(=O)O)C(c2ccccc2Cl)C(c2nnco2)=C(C)N1. The summed E-state index contributed by atoms with van der Waals surface area (Å²) < 4.78 is 5.32. The summed E-state index contributed by atoms with van der Waals surface area (Å²) in [5.41, 5.74) is 2.81. The first-order chi connectivity index (χ1) is 11.0. The van der Waals surface area contributed by atoms with Gasteiger partial charge in [-0.3, -0.25) is 0 Å². The van der Waals surface area contributed by atoms with Crippen molar-refractivity contribution in [3.05, 3.63) is 64.1 Å². The molecule has 1 aliphatic rings. The van der Waals surface area contributed by atoms with Crippen molar-refractivity contribution in [1.82, 2.24) is 15.5 Å². The Balaban J connectivity index is 2.27. The summed E-state index contributed by atoms with van der Waals surface area (Å²) in [6.45, 7) is 3.56. The minimum atomic E-state index is -1.02. The molecule has 0 amide bonds. The number of allylic oxidation sites excluding steroid dienone is 3. The zero-order chi connectivity index (χ0) is 16.6. The number of carboxylic acid groups (broad SMARTS) is 1. The topological polar surface area (TPSA) is 88.2 Å². The minimum absolute atomic E-state index is 0.205. The van der Waals surface area contributed by atoms with Crippen molar-refractivity contribution in [2.45, 2.75) is 19.8 Å². The lowest BCUT2D eigenvalue weighted by atomic mass is 9.80. The van der Waals surface area contributed by atoms with Crippen LogP contribution < -0.4 is 5.32 Å². The second kappa shape index (κ2) is 5.89. The molecule has 0 aliphatic carbocycles. The van der Waals surface area contributed by atoms with Crippen LogP contribution in [0.2, 0.25) is 5.02 Å². The summed E-state index contributed by atoms with van der Waals surface area (Å²) in [5, 5.41) is 20.9. The van der Waals surface area contributed by atoms with Gasteiger partial charge in [-0.15, -0.1) is 10.2 Å². The summed E-state index contributed by atoms with van der Waals surface area (Å²) in [6.07, 6.45) is 1.21. The number of nitrogens with one attached hydrogen (secondary N) is 1.